The Hall–Kier alpha value is -0.300. The molecule has 0 heterocycles. The highest BCUT2D eigenvalue weighted by Gasteiger charge is 2.25. The highest BCUT2D eigenvalue weighted by Crippen LogP contribution is 2.33. The van der Waals surface area contributed by atoms with E-state index in [4.69, 9.17) is 0 Å². The molecule has 1 rings (SSSR count). The highest BCUT2D eigenvalue weighted by atomic mass is 14.9. The lowest BCUT2D eigenvalue weighted by atomic mass is 9.77. The first-order chi connectivity index (χ1) is 7.81. The average Bonchev–Trinajstić information content (AvgIpc) is 2.35. The Morgan fingerprint density at radius 2 is 1.94 bits per heavy atom. The van der Waals surface area contributed by atoms with Gasteiger partial charge in [-0.1, -0.05) is 39.2 Å². The minimum absolute atomic E-state index is 0.690. The molecule has 1 saturated carbocycles. The van der Waals surface area contributed by atoms with Gasteiger partial charge in [-0.3, -0.25) is 0 Å². The van der Waals surface area contributed by atoms with Crippen molar-refractivity contribution in [2.45, 2.75) is 64.8 Å². The Labute approximate surface area is 102 Å². The van der Waals surface area contributed by atoms with Gasteiger partial charge in [-0.2, -0.15) is 0 Å². The van der Waals surface area contributed by atoms with Crippen LogP contribution in [0.3, 0.4) is 0 Å². The van der Waals surface area contributed by atoms with E-state index in [9.17, 15) is 0 Å². The van der Waals surface area contributed by atoms with Crippen LogP contribution in [-0.4, -0.2) is 12.6 Å². The lowest BCUT2D eigenvalue weighted by molar-refractivity contribution is 0.218. The SMILES string of the molecule is C=CCC(NCCC)C1CCC(CC)CC1. The van der Waals surface area contributed by atoms with E-state index in [1.165, 1.54) is 38.5 Å². The maximum Gasteiger partial charge on any atom is 0.0130 e. The molecule has 1 atom stereocenters. The summed E-state index contributed by atoms with van der Waals surface area (Å²) in [6.45, 7) is 9.63. The van der Waals surface area contributed by atoms with E-state index in [1.54, 1.807) is 0 Å². The quantitative estimate of drug-likeness (QED) is 0.639. The molecule has 94 valence electrons. The third kappa shape index (κ3) is 4.29. The molecule has 1 aliphatic rings. The van der Waals surface area contributed by atoms with Crippen LogP contribution in [0.4, 0.5) is 0 Å². The second-order valence-electron chi connectivity index (χ2n) is 5.27. The van der Waals surface area contributed by atoms with Crippen LogP contribution in [0.15, 0.2) is 12.7 Å². The zero-order valence-electron chi connectivity index (χ0n) is 11.2. The van der Waals surface area contributed by atoms with Gasteiger partial charge in [0.1, 0.15) is 0 Å². The molecule has 16 heavy (non-hydrogen) atoms. The van der Waals surface area contributed by atoms with Crippen molar-refractivity contribution < 1.29 is 0 Å². The molecule has 0 amide bonds. The molecule has 1 fully saturated rings. The van der Waals surface area contributed by atoms with E-state index in [2.05, 4.69) is 31.8 Å². The molecule has 0 aromatic heterocycles. The third-order valence-corrected chi connectivity index (χ3v) is 4.11. The van der Waals surface area contributed by atoms with Crippen molar-refractivity contribution in [1.82, 2.24) is 5.32 Å². The molecule has 1 N–H and O–H groups in total. The summed E-state index contributed by atoms with van der Waals surface area (Å²) in [4.78, 5) is 0. The van der Waals surface area contributed by atoms with E-state index < -0.39 is 0 Å². The predicted octanol–water partition coefficient (Wildman–Crippen LogP) is 4.15. The van der Waals surface area contributed by atoms with E-state index in [-0.39, 0.29) is 0 Å². The molecule has 0 aromatic carbocycles. The fourth-order valence-electron chi connectivity index (χ4n) is 2.95. The van der Waals surface area contributed by atoms with Crippen LogP contribution in [0.25, 0.3) is 0 Å². The summed E-state index contributed by atoms with van der Waals surface area (Å²) in [6, 6.07) is 0.690. The summed E-state index contributed by atoms with van der Waals surface area (Å²) in [7, 11) is 0. The van der Waals surface area contributed by atoms with Gasteiger partial charge in [0.2, 0.25) is 0 Å². The molecule has 0 spiro atoms. The first kappa shape index (κ1) is 13.8. The average molecular weight is 223 g/mol. The lowest BCUT2D eigenvalue weighted by Gasteiger charge is -2.33. The van der Waals surface area contributed by atoms with Gasteiger partial charge in [-0.25, -0.2) is 0 Å². The minimum Gasteiger partial charge on any atom is -0.313 e. The van der Waals surface area contributed by atoms with Crippen molar-refractivity contribution >= 4 is 0 Å². The summed E-state index contributed by atoms with van der Waals surface area (Å²) < 4.78 is 0. The summed E-state index contributed by atoms with van der Waals surface area (Å²) in [5.74, 6) is 1.90. The van der Waals surface area contributed by atoms with E-state index in [1.807, 2.05) is 0 Å². The van der Waals surface area contributed by atoms with Crippen LogP contribution in [-0.2, 0) is 0 Å². The van der Waals surface area contributed by atoms with Crippen molar-refractivity contribution in [3.05, 3.63) is 12.7 Å². The maximum atomic E-state index is 3.89. The monoisotopic (exact) mass is 223 g/mol. The highest BCUT2D eigenvalue weighted by molar-refractivity contribution is 4.86. The molecule has 0 bridgehead atoms. The van der Waals surface area contributed by atoms with Crippen molar-refractivity contribution in [2.75, 3.05) is 6.54 Å². The van der Waals surface area contributed by atoms with Crippen LogP contribution >= 0.6 is 0 Å². The van der Waals surface area contributed by atoms with Crippen molar-refractivity contribution in [3.63, 3.8) is 0 Å². The topological polar surface area (TPSA) is 12.0 Å². The van der Waals surface area contributed by atoms with Crippen LogP contribution in [0.2, 0.25) is 0 Å². The molecule has 1 unspecified atom stereocenters. The molecule has 0 saturated heterocycles. The maximum absolute atomic E-state index is 3.89. The first-order valence-corrected chi connectivity index (χ1v) is 7.16. The normalized spacial score (nSPS) is 27.6. The van der Waals surface area contributed by atoms with E-state index >= 15 is 0 Å². The summed E-state index contributed by atoms with van der Waals surface area (Å²) >= 11 is 0. The van der Waals surface area contributed by atoms with Crippen LogP contribution in [0.5, 0.6) is 0 Å². The Bertz CT molecular complexity index is 180. The minimum atomic E-state index is 0.690. The summed E-state index contributed by atoms with van der Waals surface area (Å²) in [5, 5.41) is 3.70. The van der Waals surface area contributed by atoms with Gasteiger partial charge >= 0.3 is 0 Å². The second-order valence-corrected chi connectivity index (χ2v) is 5.27. The number of hydrogen-bond donors (Lipinski definition) is 1. The predicted molar refractivity (Wildman–Crippen MR) is 72.6 cm³/mol. The molecule has 0 aromatic rings. The molecule has 1 aliphatic carbocycles. The molecule has 1 heteroatoms. The van der Waals surface area contributed by atoms with Gasteiger partial charge in [0, 0.05) is 6.04 Å². The number of nitrogens with one attached hydrogen (secondary N) is 1. The van der Waals surface area contributed by atoms with Crippen molar-refractivity contribution in [3.8, 4) is 0 Å². The van der Waals surface area contributed by atoms with Crippen LogP contribution in [0, 0.1) is 11.8 Å². The fraction of sp³-hybridized carbons (Fsp3) is 0.867. The Kier molecular flexibility index (Phi) is 6.79. The van der Waals surface area contributed by atoms with Gasteiger partial charge in [0.25, 0.3) is 0 Å². The lowest BCUT2D eigenvalue weighted by Crippen LogP contribution is -2.38. The van der Waals surface area contributed by atoms with Crippen LogP contribution in [0.1, 0.15) is 58.8 Å². The molecular weight excluding hydrogens is 194 g/mol. The molecular formula is C15H29N. The number of hydrogen-bond acceptors (Lipinski definition) is 1. The van der Waals surface area contributed by atoms with Crippen molar-refractivity contribution in [1.29, 1.82) is 0 Å². The summed E-state index contributed by atoms with van der Waals surface area (Å²) in [6.07, 6.45) is 11.6. The fourth-order valence-corrected chi connectivity index (χ4v) is 2.95. The number of rotatable bonds is 7. The first-order valence-electron chi connectivity index (χ1n) is 7.16. The Morgan fingerprint density at radius 3 is 2.44 bits per heavy atom. The summed E-state index contributed by atoms with van der Waals surface area (Å²) in [5.41, 5.74) is 0. The molecule has 0 aliphatic heterocycles. The smallest absolute Gasteiger partial charge is 0.0130 e. The van der Waals surface area contributed by atoms with Gasteiger partial charge < -0.3 is 5.32 Å². The van der Waals surface area contributed by atoms with E-state index in [0.29, 0.717) is 6.04 Å². The second kappa shape index (κ2) is 7.89. The Balaban J connectivity index is 2.36. The van der Waals surface area contributed by atoms with Gasteiger partial charge in [0.15, 0.2) is 0 Å². The zero-order chi connectivity index (χ0) is 11.8. The van der Waals surface area contributed by atoms with Crippen molar-refractivity contribution in [2.24, 2.45) is 11.8 Å². The molecule has 0 radical (unpaired) electrons. The van der Waals surface area contributed by atoms with Gasteiger partial charge in [-0.15, -0.1) is 6.58 Å². The standard InChI is InChI=1S/C15H29N/c1-4-7-15(16-12-5-2)14-10-8-13(6-3)9-11-14/h4,13-16H,1,5-12H2,2-3H3. The largest absolute Gasteiger partial charge is 0.313 e. The zero-order valence-corrected chi connectivity index (χ0v) is 11.2. The van der Waals surface area contributed by atoms with E-state index in [0.717, 1.165) is 24.8 Å². The van der Waals surface area contributed by atoms with Gasteiger partial charge in [0.05, 0.1) is 0 Å². The van der Waals surface area contributed by atoms with Gasteiger partial charge in [-0.05, 0) is 44.1 Å². The Morgan fingerprint density at radius 1 is 1.25 bits per heavy atom. The molecule has 1 nitrogen and oxygen atoms in total. The van der Waals surface area contributed by atoms with Crippen LogP contribution < -0.4 is 5.32 Å². The third-order valence-electron chi connectivity index (χ3n) is 4.11.